The third-order valence-electron chi connectivity index (χ3n) is 8.35. The van der Waals surface area contributed by atoms with Crippen LogP contribution in [0.3, 0.4) is 0 Å². The van der Waals surface area contributed by atoms with E-state index in [2.05, 4.69) is 132 Å². The maximum Gasteiger partial charge on any atom is 0.159 e. The van der Waals surface area contributed by atoms with E-state index in [0.717, 1.165) is 22.6 Å². The van der Waals surface area contributed by atoms with Gasteiger partial charge in [-0.25, -0.2) is 9.97 Å². The molecular formula is C42H28N2. The van der Waals surface area contributed by atoms with Gasteiger partial charge in [0.2, 0.25) is 0 Å². The third-order valence-corrected chi connectivity index (χ3v) is 8.35. The maximum absolute atomic E-state index is 4.86. The van der Waals surface area contributed by atoms with Gasteiger partial charge in [0, 0.05) is 17.3 Å². The topological polar surface area (TPSA) is 25.8 Å². The minimum Gasteiger partial charge on any atom is -0.237 e. The molecule has 0 aliphatic rings. The average molecular weight is 561 g/mol. The minimum atomic E-state index is 0.733. The first-order valence-corrected chi connectivity index (χ1v) is 14.9. The van der Waals surface area contributed by atoms with Crippen molar-refractivity contribution in [3.05, 3.63) is 170 Å². The molecule has 0 atom stereocenters. The van der Waals surface area contributed by atoms with E-state index >= 15 is 0 Å². The average Bonchev–Trinajstić information content (AvgIpc) is 3.11. The van der Waals surface area contributed by atoms with Crippen molar-refractivity contribution in [2.24, 2.45) is 0 Å². The van der Waals surface area contributed by atoms with Crippen molar-refractivity contribution in [1.29, 1.82) is 0 Å². The molecule has 0 N–H and O–H groups in total. The number of rotatable bonds is 5. The van der Waals surface area contributed by atoms with Crippen LogP contribution in [-0.4, -0.2) is 9.97 Å². The highest BCUT2D eigenvalue weighted by atomic mass is 14.9. The van der Waals surface area contributed by atoms with Gasteiger partial charge in [0.1, 0.15) is 0 Å². The quantitative estimate of drug-likeness (QED) is 0.196. The first kappa shape index (κ1) is 25.8. The van der Waals surface area contributed by atoms with E-state index in [-0.39, 0.29) is 0 Å². The fourth-order valence-electron chi connectivity index (χ4n) is 6.27. The molecule has 44 heavy (non-hydrogen) atoms. The number of nitrogens with zero attached hydrogens (tertiary/aromatic N) is 2. The lowest BCUT2D eigenvalue weighted by molar-refractivity contribution is 1.18. The second-order valence-electron chi connectivity index (χ2n) is 11.0. The highest BCUT2D eigenvalue weighted by Crippen LogP contribution is 2.44. The van der Waals surface area contributed by atoms with Crippen molar-refractivity contribution in [2.75, 3.05) is 0 Å². The van der Waals surface area contributed by atoms with Gasteiger partial charge in [-0.3, -0.25) is 0 Å². The summed E-state index contributed by atoms with van der Waals surface area (Å²) < 4.78 is 0. The Morgan fingerprint density at radius 2 is 0.795 bits per heavy atom. The first-order valence-electron chi connectivity index (χ1n) is 14.9. The van der Waals surface area contributed by atoms with Gasteiger partial charge in [-0.2, -0.15) is 0 Å². The van der Waals surface area contributed by atoms with Crippen LogP contribution in [0.5, 0.6) is 0 Å². The molecule has 0 saturated carbocycles. The van der Waals surface area contributed by atoms with Crippen molar-refractivity contribution in [3.63, 3.8) is 0 Å². The van der Waals surface area contributed by atoms with E-state index in [0.29, 0.717) is 0 Å². The van der Waals surface area contributed by atoms with Gasteiger partial charge in [0.15, 0.2) is 5.82 Å². The van der Waals surface area contributed by atoms with Gasteiger partial charge in [0.05, 0.1) is 5.69 Å². The molecule has 1 heterocycles. The molecule has 0 radical (unpaired) electrons. The Morgan fingerprint density at radius 1 is 0.318 bits per heavy atom. The zero-order valence-corrected chi connectivity index (χ0v) is 24.1. The summed E-state index contributed by atoms with van der Waals surface area (Å²) in [6.45, 7) is 0. The normalized spacial score (nSPS) is 11.2. The number of hydrogen-bond donors (Lipinski definition) is 0. The van der Waals surface area contributed by atoms with Crippen LogP contribution in [0.2, 0.25) is 0 Å². The van der Waals surface area contributed by atoms with Crippen LogP contribution in [0.1, 0.15) is 0 Å². The van der Waals surface area contributed by atoms with Crippen molar-refractivity contribution in [2.45, 2.75) is 0 Å². The second-order valence-corrected chi connectivity index (χ2v) is 11.0. The van der Waals surface area contributed by atoms with Crippen LogP contribution in [-0.2, 0) is 0 Å². The van der Waals surface area contributed by atoms with E-state index in [1.165, 1.54) is 54.9 Å². The fourth-order valence-corrected chi connectivity index (χ4v) is 6.27. The van der Waals surface area contributed by atoms with Crippen molar-refractivity contribution in [1.82, 2.24) is 9.97 Å². The molecule has 7 aromatic carbocycles. The van der Waals surface area contributed by atoms with E-state index in [9.17, 15) is 0 Å². The summed E-state index contributed by atoms with van der Waals surface area (Å²) in [5, 5.41) is 5.03. The Morgan fingerprint density at radius 3 is 1.41 bits per heavy atom. The van der Waals surface area contributed by atoms with Gasteiger partial charge >= 0.3 is 0 Å². The number of aromatic nitrogens is 2. The van der Waals surface area contributed by atoms with Gasteiger partial charge in [-0.15, -0.1) is 0 Å². The molecule has 8 aromatic rings. The van der Waals surface area contributed by atoms with Crippen molar-refractivity contribution in [3.8, 4) is 56.0 Å². The molecule has 0 saturated heterocycles. The SMILES string of the molecule is c1ccc(-c2nccc(-c3ccc(-c4ccc5c(-c6ccccc6)c6ccccc6c(-c6ccccc6)c5c4)cc3)n2)cc1. The van der Waals surface area contributed by atoms with Crippen LogP contribution >= 0.6 is 0 Å². The molecule has 2 nitrogen and oxygen atoms in total. The highest BCUT2D eigenvalue weighted by Gasteiger charge is 2.17. The smallest absolute Gasteiger partial charge is 0.159 e. The summed E-state index contributed by atoms with van der Waals surface area (Å²) in [4.78, 5) is 9.36. The summed E-state index contributed by atoms with van der Waals surface area (Å²) in [5.41, 5.74) is 10.3. The molecule has 0 amide bonds. The zero-order chi connectivity index (χ0) is 29.3. The second kappa shape index (κ2) is 11.1. The molecule has 0 fully saturated rings. The molecule has 0 aliphatic heterocycles. The molecule has 0 aliphatic carbocycles. The fraction of sp³-hybridized carbons (Fsp3) is 0. The lowest BCUT2D eigenvalue weighted by atomic mass is 9.85. The van der Waals surface area contributed by atoms with Gasteiger partial charge in [-0.1, -0.05) is 152 Å². The molecule has 0 spiro atoms. The minimum absolute atomic E-state index is 0.733. The molecule has 2 heteroatoms. The van der Waals surface area contributed by atoms with Crippen molar-refractivity contribution < 1.29 is 0 Å². The Hall–Kier alpha value is -5.86. The molecule has 0 bridgehead atoms. The molecule has 0 unspecified atom stereocenters. The van der Waals surface area contributed by atoms with Crippen LogP contribution in [0, 0.1) is 0 Å². The van der Waals surface area contributed by atoms with Gasteiger partial charge in [0.25, 0.3) is 0 Å². The Balaban J connectivity index is 1.29. The summed E-state index contributed by atoms with van der Waals surface area (Å²) in [6.07, 6.45) is 1.83. The standard InChI is InChI=1S/C42H28N2/c1-4-12-31(13-5-1)40-35-18-10-11-19-36(35)41(32-14-6-2-7-15-32)38-28-34(24-25-37(38)40)29-20-22-30(23-21-29)39-26-27-43-42(44-39)33-16-8-3-9-17-33/h1-28H. The predicted octanol–water partition coefficient (Wildman–Crippen LogP) is 11.1. The Bertz CT molecular complexity index is 2240. The lowest BCUT2D eigenvalue weighted by Gasteiger charge is -2.18. The zero-order valence-electron chi connectivity index (χ0n) is 24.1. The monoisotopic (exact) mass is 560 g/mol. The highest BCUT2D eigenvalue weighted by molar-refractivity contribution is 6.21. The Labute approximate surface area is 257 Å². The molecule has 206 valence electrons. The van der Waals surface area contributed by atoms with E-state index in [1.807, 2.05) is 42.6 Å². The molecule has 1 aromatic heterocycles. The predicted molar refractivity (Wildman–Crippen MR) is 184 cm³/mol. The maximum atomic E-state index is 4.86. The lowest BCUT2D eigenvalue weighted by Crippen LogP contribution is -1.92. The number of hydrogen-bond acceptors (Lipinski definition) is 2. The van der Waals surface area contributed by atoms with E-state index in [4.69, 9.17) is 4.98 Å². The summed E-state index contributed by atoms with van der Waals surface area (Å²) >= 11 is 0. The Kier molecular flexibility index (Phi) is 6.51. The summed E-state index contributed by atoms with van der Waals surface area (Å²) in [7, 11) is 0. The summed E-state index contributed by atoms with van der Waals surface area (Å²) in [5.74, 6) is 0.733. The van der Waals surface area contributed by atoms with Crippen molar-refractivity contribution >= 4 is 21.5 Å². The van der Waals surface area contributed by atoms with Crippen LogP contribution in [0.4, 0.5) is 0 Å². The number of fused-ring (bicyclic) bond motifs is 2. The van der Waals surface area contributed by atoms with Gasteiger partial charge in [-0.05, 0) is 67.1 Å². The largest absolute Gasteiger partial charge is 0.237 e. The first-order chi connectivity index (χ1) is 21.8. The molecular weight excluding hydrogens is 532 g/mol. The molecule has 8 rings (SSSR count). The summed E-state index contributed by atoms with van der Waals surface area (Å²) in [6, 6.07) is 58.0. The van der Waals surface area contributed by atoms with Crippen LogP contribution in [0.25, 0.3) is 77.6 Å². The van der Waals surface area contributed by atoms with Crippen LogP contribution in [0.15, 0.2) is 170 Å². The van der Waals surface area contributed by atoms with E-state index in [1.54, 1.807) is 0 Å². The third kappa shape index (κ3) is 4.63. The van der Waals surface area contributed by atoms with Crippen LogP contribution < -0.4 is 0 Å². The van der Waals surface area contributed by atoms with E-state index < -0.39 is 0 Å². The number of benzene rings is 7. The van der Waals surface area contributed by atoms with Gasteiger partial charge < -0.3 is 0 Å².